The number of amides is 2. The van der Waals surface area contributed by atoms with Crippen LogP contribution >= 0.6 is 0 Å². The summed E-state index contributed by atoms with van der Waals surface area (Å²) in [4.78, 5) is 29.5. The lowest BCUT2D eigenvalue weighted by Crippen LogP contribution is -2.35. The van der Waals surface area contributed by atoms with Crippen molar-refractivity contribution in [3.63, 3.8) is 0 Å². The highest BCUT2D eigenvalue weighted by Gasteiger charge is 2.52. The first kappa shape index (κ1) is 16.7. The molecule has 2 saturated heterocycles. The average molecular weight is 364 g/mol. The quantitative estimate of drug-likeness (QED) is 0.772. The van der Waals surface area contributed by atoms with E-state index in [9.17, 15) is 9.59 Å². The van der Waals surface area contributed by atoms with E-state index in [0.29, 0.717) is 19.6 Å². The standard InChI is InChI=1S/C21H24N4O2/c1-23-19(15-8-5-9-18(15)22-23)13-24-11-16-17(12-24)21(27)25(20(16)26)10-14-6-3-2-4-7-14/h2-4,6-7,16-17H,5,8-13H2,1H3. The summed E-state index contributed by atoms with van der Waals surface area (Å²) in [5.74, 6) is -0.400. The van der Waals surface area contributed by atoms with Crippen molar-refractivity contribution >= 4 is 11.8 Å². The first-order chi connectivity index (χ1) is 13.1. The van der Waals surface area contributed by atoms with Crippen molar-refractivity contribution in [2.45, 2.75) is 32.4 Å². The number of carbonyl (C=O) groups excluding carboxylic acids is 2. The van der Waals surface area contributed by atoms with Crippen LogP contribution in [0.2, 0.25) is 0 Å². The highest BCUT2D eigenvalue weighted by Crippen LogP contribution is 2.35. The number of benzene rings is 1. The van der Waals surface area contributed by atoms with E-state index < -0.39 is 0 Å². The number of aromatic nitrogens is 2. The molecule has 2 unspecified atom stereocenters. The van der Waals surface area contributed by atoms with Gasteiger partial charge in [-0.1, -0.05) is 30.3 Å². The number of imide groups is 1. The Kier molecular flexibility index (Phi) is 3.90. The van der Waals surface area contributed by atoms with Gasteiger partial charge in [-0.15, -0.1) is 0 Å². The van der Waals surface area contributed by atoms with E-state index in [0.717, 1.165) is 24.9 Å². The third kappa shape index (κ3) is 2.70. The van der Waals surface area contributed by atoms with Gasteiger partial charge in [-0.25, -0.2) is 0 Å². The van der Waals surface area contributed by atoms with Gasteiger partial charge in [0.25, 0.3) is 0 Å². The smallest absolute Gasteiger partial charge is 0.234 e. The first-order valence-electron chi connectivity index (χ1n) is 9.77. The second-order valence-electron chi connectivity index (χ2n) is 8.00. The monoisotopic (exact) mass is 364 g/mol. The minimum atomic E-state index is -0.192. The van der Waals surface area contributed by atoms with Crippen molar-refractivity contribution in [3.05, 3.63) is 52.8 Å². The molecule has 5 rings (SSSR count). The highest BCUT2D eigenvalue weighted by molar-refractivity contribution is 6.05. The van der Waals surface area contributed by atoms with Crippen molar-refractivity contribution in [2.75, 3.05) is 13.1 Å². The molecule has 1 aliphatic carbocycles. The Morgan fingerprint density at radius 3 is 2.41 bits per heavy atom. The molecule has 2 fully saturated rings. The molecule has 2 amide bonds. The molecule has 6 nitrogen and oxygen atoms in total. The van der Waals surface area contributed by atoms with Gasteiger partial charge in [0.05, 0.1) is 29.8 Å². The van der Waals surface area contributed by atoms with E-state index in [4.69, 9.17) is 0 Å². The van der Waals surface area contributed by atoms with E-state index in [1.165, 1.54) is 28.3 Å². The number of hydrogen-bond donors (Lipinski definition) is 0. The maximum atomic E-state index is 12.9. The van der Waals surface area contributed by atoms with Gasteiger partial charge in [-0.2, -0.15) is 5.10 Å². The lowest BCUT2D eigenvalue weighted by molar-refractivity contribution is -0.141. The zero-order chi connectivity index (χ0) is 18.5. The summed E-state index contributed by atoms with van der Waals surface area (Å²) in [6.45, 7) is 2.51. The third-order valence-corrected chi connectivity index (χ3v) is 6.32. The SMILES string of the molecule is Cn1nc2c(c1CN1CC3C(=O)N(Cc4ccccc4)C(=O)C3C1)CCC2. The normalized spacial score (nSPS) is 24.7. The Balaban J connectivity index is 1.29. The molecule has 140 valence electrons. The fourth-order valence-electron chi connectivity index (χ4n) is 4.94. The second-order valence-corrected chi connectivity index (χ2v) is 8.00. The zero-order valence-corrected chi connectivity index (χ0v) is 15.6. The minimum absolute atomic E-state index is 0.00779. The van der Waals surface area contributed by atoms with Gasteiger partial charge in [0, 0.05) is 26.7 Å². The third-order valence-electron chi connectivity index (χ3n) is 6.32. The van der Waals surface area contributed by atoms with E-state index in [1.54, 1.807) is 0 Å². The van der Waals surface area contributed by atoms with Gasteiger partial charge in [-0.05, 0) is 30.4 Å². The molecule has 0 spiro atoms. The summed E-state index contributed by atoms with van der Waals surface area (Å²) in [5, 5.41) is 4.64. The molecule has 27 heavy (non-hydrogen) atoms. The molecule has 0 N–H and O–H groups in total. The number of fused-ring (bicyclic) bond motifs is 2. The van der Waals surface area contributed by atoms with Crippen LogP contribution in [0, 0.1) is 11.8 Å². The summed E-state index contributed by atoms with van der Waals surface area (Å²) in [6, 6.07) is 9.75. The molecular weight excluding hydrogens is 340 g/mol. The van der Waals surface area contributed by atoms with Crippen molar-refractivity contribution in [1.29, 1.82) is 0 Å². The van der Waals surface area contributed by atoms with Gasteiger partial charge in [0.2, 0.25) is 11.8 Å². The molecule has 2 atom stereocenters. The average Bonchev–Trinajstić information content (AvgIpc) is 3.39. The van der Waals surface area contributed by atoms with Crippen LogP contribution in [0.1, 0.15) is 28.9 Å². The van der Waals surface area contributed by atoms with Crippen LogP contribution in [0.4, 0.5) is 0 Å². The predicted octanol–water partition coefficient (Wildman–Crippen LogP) is 1.53. The predicted molar refractivity (Wildman–Crippen MR) is 99.5 cm³/mol. The largest absolute Gasteiger partial charge is 0.296 e. The van der Waals surface area contributed by atoms with Crippen LogP contribution in [0.3, 0.4) is 0 Å². The lowest BCUT2D eigenvalue weighted by atomic mass is 10.00. The Morgan fingerprint density at radius 1 is 1.00 bits per heavy atom. The Morgan fingerprint density at radius 2 is 1.70 bits per heavy atom. The molecule has 0 bridgehead atoms. The number of carbonyl (C=O) groups is 2. The van der Waals surface area contributed by atoms with Gasteiger partial charge in [-0.3, -0.25) is 24.1 Å². The van der Waals surface area contributed by atoms with Crippen LogP contribution in [-0.4, -0.2) is 44.5 Å². The maximum absolute atomic E-state index is 12.9. The zero-order valence-electron chi connectivity index (χ0n) is 15.6. The van der Waals surface area contributed by atoms with Crippen molar-refractivity contribution in [2.24, 2.45) is 18.9 Å². The van der Waals surface area contributed by atoms with Gasteiger partial charge >= 0.3 is 0 Å². The molecule has 1 aromatic carbocycles. The molecule has 3 heterocycles. The van der Waals surface area contributed by atoms with Gasteiger partial charge in [0.1, 0.15) is 0 Å². The summed E-state index contributed by atoms with van der Waals surface area (Å²) in [5.41, 5.74) is 4.87. The lowest BCUT2D eigenvalue weighted by Gasteiger charge is -2.21. The Labute approximate surface area is 158 Å². The summed E-state index contributed by atoms with van der Waals surface area (Å²) in [6.07, 6.45) is 3.35. The number of hydrogen-bond acceptors (Lipinski definition) is 4. The molecule has 2 aliphatic heterocycles. The van der Waals surface area contributed by atoms with Crippen LogP contribution < -0.4 is 0 Å². The molecule has 6 heteroatoms. The highest BCUT2D eigenvalue weighted by atomic mass is 16.2. The van der Waals surface area contributed by atoms with Crippen LogP contribution in [-0.2, 0) is 42.6 Å². The van der Waals surface area contributed by atoms with E-state index in [-0.39, 0.29) is 23.7 Å². The summed E-state index contributed by atoms with van der Waals surface area (Å²) in [7, 11) is 2.00. The van der Waals surface area contributed by atoms with E-state index in [1.807, 2.05) is 42.1 Å². The van der Waals surface area contributed by atoms with Gasteiger partial charge in [0.15, 0.2) is 0 Å². The van der Waals surface area contributed by atoms with E-state index >= 15 is 0 Å². The second kappa shape index (κ2) is 6.30. The van der Waals surface area contributed by atoms with Crippen LogP contribution in [0.5, 0.6) is 0 Å². The van der Waals surface area contributed by atoms with E-state index in [2.05, 4.69) is 10.00 Å². The summed E-state index contributed by atoms with van der Waals surface area (Å²) >= 11 is 0. The number of likely N-dealkylation sites (tertiary alicyclic amines) is 2. The molecule has 1 aromatic heterocycles. The van der Waals surface area contributed by atoms with Crippen molar-refractivity contribution < 1.29 is 9.59 Å². The molecular formula is C21H24N4O2. The fraction of sp³-hybridized carbons (Fsp3) is 0.476. The molecule has 0 radical (unpaired) electrons. The molecule has 3 aliphatic rings. The summed E-state index contributed by atoms with van der Waals surface area (Å²) < 4.78 is 1.99. The number of rotatable bonds is 4. The van der Waals surface area contributed by atoms with Gasteiger partial charge < -0.3 is 0 Å². The Hall–Kier alpha value is -2.47. The number of nitrogens with zero attached hydrogens (tertiary/aromatic N) is 4. The van der Waals surface area contributed by atoms with Crippen molar-refractivity contribution in [3.8, 4) is 0 Å². The Bertz CT molecular complexity index is 880. The molecule has 2 aromatic rings. The maximum Gasteiger partial charge on any atom is 0.234 e. The number of aryl methyl sites for hydroxylation is 2. The topological polar surface area (TPSA) is 58.4 Å². The first-order valence-corrected chi connectivity index (χ1v) is 9.77. The van der Waals surface area contributed by atoms with Crippen LogP contribution in [0.25, 0.3) is 0 Å². The van der Waals surface area contributed by atoms with Crippen LogP contribution in [0.15, 0.2) is 30.3 Å². The fourth-order valence-corrected chi connectivity index (χ4v) is 4.94. The molecule has 0 saturated carbocycles. The minimum Gasteiger partial charge on any atom is -0.296 e. The van der Waals surface area contributed by atoms with Crippen molar-refractivity contribution in [1.82, 2.24) is 19.6 Å².